The number of fused-ring (bicyclic) bond motifs is 4. The Morgan fingerprint density at radius 1 is 0.902 bits per heavy atom. The predicted octanol–water partition coefficient (Wildman–Crippen LogP) is 3.34. The van der Waals surface area contributed by atoms with Crippen LogP contribution in [0.4, 0.5) is 0 Å². The van der Waals surface area contributed by atoms with Gasteiger partial charge in [-0.05, 0) is 55.2 Å². The molecule has 212 valence electrons. The summed E-state index contributed by atoms with van der Waals surface area (Å²) >= 11 is 0. The second-order valence-electron chi connectivity index (χ2n) is 11.6. The molecule has 0 unspecified atom stereocenters. The Kier molecular flexibility index (Phi) is 6.19. The summed E-state index contributed by atoms with van der Waals surface area (Å²) in [7, 11) is 0. The summed E-state index contributed by atoms with van der Waals surface area (Å²) in [5.74, 6) is -0.380. The molecule has 2 aromatic carbocycles. The van der Waals surface area contributed by atoms with Gasteiger partial charge < -0.3 is 9.84 Å². The number of allylic oxidation sites excluding steroid dienone is 4. The fourth-order valence-electron chi connectivity index (χ4n) is 7.35. The first kappa shape index (κ1) is 27.0. The largest absolute Gasteiger partial charge is 0.491 e. The molecule has 9 heteroatoms. The van der Waals surface area contributed by atoms with Crippen molar-refractivity contribution in [3.8, 4) is 11.4 Å². The van der Waals surface area contributed by atoms with Crippen molar-refractivity contribution < 1.29 is 19.4 Å². The van der Waals surface area contributed by atoms with Crippen molar-refractivity contribution in [1.82, 2.24) is 13.9 Å². The maximum absolute atomic E-state index is 14.3. The number of aromatic nitrogens is 3. The monoisotopic (exact) mass is 555 g/mol. The average Bonchev–Trinajstić information content (AvgIpc) is 3.24. The lowest BCUT2D eigenvalue weighted by Crippen LogP contribution is -2.61. The number of carbonyl (C=O) groups excluding carboxylic acids is 2. The average molecular weight is 556 g/mol. The molecule has 1 N–H and O–H groups in total. The minimum Gasteiger partial charge on any atom is -0.491 e. The fraction of sp³-hybridized carbons (Fsp3) is 0.375. The van der Waals surface area contributed by atoms with Gasteiger partial charge in [-0.3, -0.25) is 9.59 Å². The number of aliphatic hydroxyl groups is 1. The fourth-order valence-corrected chi connectivity index (χ4v) is 7.35. The van der Waals surface area contributed by atoms with Crippen molar-refractivity contribution in [2.24, 2.45) is 10.8 Å². The van der Waals surface area contributed by atoms with E-state index >= 15 is 0 Å². The zero-order chi connectivity index (χ0) is 29.3. The number of hydrogen-bond donors (Lipinski definition) is 1. The molecule has 0 bridgehead atoms. The molecule has 1 fully saturated rings. The minimum absolute atomic E-state index is 0.0596. The number of aliphatic hydroxyl groups excluding tert-OH is 1. The van der Waals surface area contributed by atoms with E-state index in [0.29, 0.717) is 28.1 Å². The molecule has 3 aromatic rings. The second-order valence-corrected chi connectivity index (χ2v) is 11.6. The maximum atomic E-state index is 14.3. The molecule has 0 radical (unpaired) electrons. The van der Waals surface area contributed by atoms with Crippen LogP contribution < -0.4 is 16.1 Å². The number of benzene rings is 2. The van der Waals surface area contributed by atoms with Gasteiger partial charge >= 0.3 is 11.4 Å². The number of rotatable bonds is 5. The van der Waals surface area contributed by atoms with Crippen LogP contribution in [0, 0.1) is 10.8 Å². The summed E-state index contributed by atoms with van der Waals surface area (Å²) in [6.45, 7) is 7.08. The number of Topliss-reactive ketones (excluding diaryl/α,β-unsaturated/α-hetero) is 2. The zero-order valence-corrected chi connectivity index (χ0v) is 23.6. The molecule has 6 rings (SSSR count). The molecule has 41 heavy (non-hydrogen) atoms. The Labute approximate surface area is 237 Å². The predicted molar refractivity (Wildman–Crippen MR) is 152 cm³/mol. The third-order valence-corrected chi connectivity index (χ3v) is 9.71. The summed E-state index contributed by atoms with van der Waals surface area (Å²) in [6.07, 6.45) is 2.11. The van der Waals surface area contributed by atoms with Crippen molar-refractivity contribution in [1.29, 1.82) is 0 Å². The van der Waals surface area contributed by atoms with Crippen molar-refractivity contribution in [2.75, 3.05) is 13.2 Å². The van der Waals surface area contributed by atoms with Gasteiger partial charge in [0.1, 0.15) is 12.4 Å². The molecule has 2 heterocycles. The van der Waals surface area contributed by atoms with E-state index in [9.17, 15) is 24.3 Å². The third-order valence-electron chi connectivity index (χ3n) is 9.71. The van der Waals surface area contributed by atoms with E-state index in [1.165, 1.54) is 9.36 Å². The van der Waals surface area contributed by atoms with E-state index < -0.39 is 34.2 Å². The van der Waals surface area contributed by atoms with Gasteiger partial charge in [0, 0.05) is 16.9 Å². The highest BCUT2D eigenvalue weighted by Crippen LogP contribution is 2.66. The molecule has 0 saturated heterocycles. The van der Waals surface area contributed by atoms with Gasteiger partial charge in [0.2, 0.25) is 0 Å². The standard InChI is InChI=1S/C32H33N3O6/c1-19-20(2)28(38)32(4)26(23-12-8-9-13-25(23)41-17-16-36)22-14-15-33-29(39)34(21-10-6-5-7-11-21)30(40)35(33)24(22)18-31(32,3)27(19)37/h5-14,24,26,36H,15-18H2,1-4H3/t24-,26-,31+,32-/m1/s1. The Balaban J connectivity index is 1.64. The van der Waals surface area contributed by atoms with Crippen LogP contribution in [0.2, 0.25) is 0 Å². The van der Waals surface area contributed by atoms with Crippen LogP contribution in [0.25, 0.3) is 5.69 Å². The van der Waals surface area contributed by atoms with Crippen LogP contribution in [-0.4, -0.2) is 43.8 Å². The lowest BCUT2D eigenvalue weighted by Gasteiger charge is -2.58. The van der Waals surface area contributed by atoms with Crippen LogP contribution >= 0.6 is 0 Å². The first-order valence-corrected chi connectivity index (χ1v) is 13.9. The van der Waals surface area contributed by atoms with Gasteiger partial charge in [-0.25, -0.2) is 23.5 Å². The topological polar surface area (TPSA) is 113 Å². The lowest BCUT2D eigenvalue weighted by atomic mass is 9.43. The molecule has 0 spiro atoms. The Bertz CT molecular complexity index is 1770. The first-order valence-electron chi connectivity index (χ1n) is 13.9. The lowest BCUT2D eigenvalue weighted by molar-refractivity contribution is -0.151. The Hall–Kier alpha value is -4.24. The van der Waals surface area contributed by atoms with Gasteiger partial charge in [-0.1, -0.05) is 56.3 Å². The van der Waals surface area contributed by atoms with Crippen LogP contribution in [0.3, 0.4) is 0 Å². The summed E-state index contributed by atoms with van der Waals surface area (Å²) in [5.41, 5.74) is -0.512. The second kappa shape index (κ2) is 9.41. The van der Waals surface area contributed by atoms with E-state index in [2.05, 4.69) is 0 Å². The highest BCUT2D eigenvalue weighted by Gasteiger charge is 2.67. The molecule has 9 nitrogen and oxygen atoms in total. The summed E-state index contributed by atoms with van der Waals surface area (Å²) < 4.78 is 9.99. The van der Waals surface area contributed by atoms with E-state index in [0.717, 1.165) is 10.1 Å². The van der Waals surface area contributed by atoms with Crippen molar-refractivity contribution in [3.63, 3.8) is 0 Å². The van der Waals surface area contributed by atoms with Crippen molar-refractivity contribution >= 4 is 11.6 Å². The molecule has 1 aromatic heterocycles. The van der Waals surface area contributed by atoms with Gasteiger partial charge in [-0.2, -0.15) is 0 Å². The highest BCUT2D eigenvalue weighted by atomic mass is 16.5. The highest BCUT2D eigenvalue weighted by molar-refractivity contribution is 6.17. The quantitative estimate of drug-likeness (QED) is 0.484. The molecule has 1 aliphatic heterocycles. The van der Waals surface area contributed by atoms with E-state index in [4.69, 9.17) is 4.74 Å². The Morgan fingerprint density at radius 2 is 1.56 bits per heavy atom. The number of para-hydroxylation sites is 2. The van der Waals surface area contributed by atoms with Crippen molar-refractivity contribution in [3.05, 3.63) is 104 Å². The SMILES string of the molecule is CC1=C(C)C(=O)[C@@]2(C)[C@@H](c3ccccc3OCCO)C3=CCn4c(=O)n(-c5ccccc5)c(=O)n4[C@@H]3C[C@@]2(C)C1=O. The van der Waals surface area contributed by atoms with E-state index in [-0.39, 0.29) is 37.7 Å². The van der Waals surface area contributed by atoms with E-state index in [1.807, 2.05) is 44.2 Å². The van der Waals surface area contributed by atoms with Crippen molar-refractivity contribution in [2.45, 2.75) is 52.6 Å². The molecule has 2 aliphatic carbocycles. The van der Waals surface area contributed by atoms with Gasteiger partial charge in [0.25, 0.3) is 0 Å². The van der Waals surface area contributed by atoms with Crippen LogP contribution in [-0.2, 0) is 16.1 Å². The van der Waals surface area contributed by atoms with Crippen LogP contribution in [0.15, 0.2) is 87.0 Å². The van der Waals surface area contributed by atoms with Crippen LogP contribution in [0.5, 0.6) is 5.75 Å². The molecule has 1 saturated carbocycles. The summed E-state index contributed by atoms with van der Waals surface area (Å²) in [4.78, 5) is 56.1. The number of carbonyl (C=O) groups is 2. The number of ketones is 2. The number of hydrogen-bond acceptors (Lipinski definition) is 6. The molecule has 3 aliphatic rings. The van der Waals surface area contributed by atoms with E-state index in [1.54, 1.807) is 44.2 Å². The number of nitrogens with zero attached hydrogens (tertiary/aromatic N) is 3. The summed E-state index contributed by atoms with van der Waals surface area (Å²) in [5, 5.41) is 9.48. The maximum Gasteiger partial charge on any atom is 0.352 e. The first-order chi connectivity index (χ1) is 19.6. The number of ether oxygens (including phenoxy) is 1. The van der Waals surface area contributed by atoms with Gasteiger partial charge in [0.05, 0.1) is 30.3 Å². The van der Waals surface area contributed by atoms with Gasteiger partial charge in [0.15, 0.2) is 11.6 Å². The normalized spacial score (nSPS) is 27.2. The molecular formula is C32H33N3O6. The smallest absolute Gasteiger partial charge is 0.352 e. The zero-order valence-electron chi connectivity index (χ0n) is 23.6. The Morgan fingerprint density at radius 3 is 2.27 bits per heavy atom. The molecule has 0 amide bonds. The van der Waals surface area contributed by atoms with Gasteiger partial charge in [-0.15, -0.1) is 0 Å². The minimum atomic E-state index is -1.19. The molecule has 4 atom stereocenters. The summed E-state index contributed by atoms with van der Waals surface area (Å²) in [6, 6.07) is 15.5. The third kappa shape index (κ3) is 3.51. The molecular weight excluding hydrogens is 522 g/mol. The van der Waals surface area contributed by atoms with Crippen LogP contribution in [0.1, 0.15) is 51.6 Å².